The summed E-state index contributed by atoms with van der Waals surface area (Å²) in [5.41, 5.74) is 1.67. The molecule has 2 N–H and O–H groups in total. The van der Waals surface area contributed by atoms with Gasteiger partial charge >= 0.3 is 6.03 Å². The Kier molecular flexibility index (Phi) is 5.74. The minimum absolute atomic E-state index is 0.186. The summed E-state index contributed by atoms with van der Waals surface area (Å²) < 4.78 is 32.4. The molecule has 0 atom stereocenters. The number of benzene rings is 2. The van der Waals surface area contributed by atoms with E-state index >= 15 is 0 Å². The van der Waals surface area contributed by atoms with Crippen LogP contribution < -0.4 is 14.9 Å². The van der Waals surface area contributed by atoms with Crippen molar-refractivity contribution in [2.75, 3.05) is 22.0 Å². The lowest BCUT2D eigenvalue weighted by molar-refractivity contribution is 0.262. The Labute approximate surface area is 183 Å². The first-order valence-electron chi connectivity index (χ1n) is 9.16. The van der Waals surface area contributed by atoms with Gasteiger partial charge in [0, 0.05) is 24.5 Å². The van der Waals surface area contributed by atoms with Crippen LogP contribution in [0.2, 0.25) is 0 Å². The molecule has 0 saturated heterocycles. The fraction of sp³-hybridized carbons (Fsp3) is 0.0476. The van der Waals surface area contributed by atoms with Gasteiger partial charge in [0.25, 0.3) is 10.0 Å². The molecular formula is C21H18N4O4S2. The zero-order chi connectivity index (χ0) is 21.8. The number of urea groups is 1. The summed E-state index contributed by atoms with van der Waals surface area (Å²) in [6, 6.07) is 20.1. The van der Waals surface area contributed by atoms with Crippen molar-refractivity contribution in [3.63, 3.8) is 0 Å². The molecular weight excluding hydrogens is 436 g/mol. The predicted molar refractivity (Wildman–Crippen MR) is 121 cm³/mol. The average molecular weight is 455 g/mol. The highest BCUT2D eigenvalue weighted by Crippen LogP contribution is 2.33. The minimum atomic E-state index is -3.75. The summed E-state index contributed by atoms with van der Waals surface area (Å²) in [6.45, 7) is 0. The van der Waals surface area contributed by atoms with Gasteiger partial charge in [-0.15, -0.1) is 11.3 Å². The second kappa shape index (κ2) is 8.62. The molecule has 31 heavy (non-hydrogen) atoms. The third-order valence-electron chi connectivity index (χ3n) is 4.40. The van der Waals surface area contributed by atoms with E-state index in [4.69, 9.17) is 4.52 Å². The summed E-state index contributed by atoms with van der Waals surface area (Å²) in [7, 11) is -2.27. The van der Waals surface area contributed by atoms with Crippen molar-refractivity contribution in [2.45, 2.75) is 4.21 Å². The van der Waals surface area contributed by atoms with E-state index in [2.05, 4.69) is 15.8 Å². The largest absolute Gasteiger partial charge is 0.355 e. The lowest BCUT2D eigenvalue weighted by atomic mass is 10.3. The summed E-state index contributed by atoms with van der Waals surface area (Å²) >= 11 is 1.10. The van der Waals surface area contributed by atoms with E-state index in [1.165, 1.54) is 23.6 Å². The highest BCUT2D eigenvalue weighted by molar-refractivity contribution is 7.94. The molecule has 2 aromatic carbocycles. The van der Waals surface area contributed by atoms with Crippen molar-refractivity contribution in [1.29, 1.82) is 0 Å². The van der Waals surface area contributed by atoms with Crippen LogP contribution in [0.4, 0.5) is 21.9 Å². The molecule has 10 heteroatoms. The second-order valence-electron chi connectivity index (χ2n) is 6.46. The van der Waals surface area contributed by atoms with Crippen LogP contribution in [-0.2, 0) is 10.0 Å². The van der Waals surface area contributed by atoms with Gasteiger partial charge in [-0.05, 0) is 48.5 Å². The number of thiophene rings is 1. The molecule has 8 nitrogen and oxygen atoms in total. The molecule has 0 aliphatic rings. The number of hydrogen-bond donors (Lipinski definition) is 2. The number of aromatic nitrogens is 1. The summed E-state index contributed by atoms with van der Waals surface area (Å²) in [6.07, 6.45) is 1.51. The fourth-order valence-electron chi connectivity index (χ4n) is 2.78. The molecule has 158 valence electrons. The molecule has 2 amide bonds. The number of para-hydroxylation sites is 1. The van der Waals surface area contributed by atoms with Crippen LogP contribution >= 0.6 is 11.3 Å². The van der Waals surface area contributed by atoms with E-state index in [0.717, 1.165) is 11.3 Å². The van der Waals surface area contributed by atoms with Crippen molar-refractivity contribution in [1.82, 2.24) is 5.16 Å². The number of sulfonamides is 1. The van der Waals surface area contributed by atoms with Crippen molar-refractivity contribution < 1.29 is 17.7 Å². The zero-order valence-corrected chi connectivity index (χ0v) is 18.0. The van der Waals surface area contributed by atoms with Crippen LogP contribution in [0, 0.1) is 0 Å². The molecule has 4 aromatic rings. The first-order chi connectivity index (χ1) is 14.9. The second-order valence-corrected chi connectivity index (χ2v) is 9.74. The van der Waals surface area contributed by atoms with Gasteiger partial charge in [0.2, 0.25) is 0 Å². The van der Waals surface area contributed by atoms with Crippen LogP contribution in [0.1, 0.15) is 0 Å². The smallest absolute Gasteiger partial charge is 0.323 e. The highest BCUT2D eigenvalue weighted by Gasteiger charge is 2.24. The van der Waals surface area contributed by atoms with Crippen LogP contribution in [0.3, 0.4) is 0 Å². The quantitative estimate of drug-likeness (QED) is 0.432. The first kappa shape index (κ1) is 20.6. The maximum Gasteiger partial charge on any atom is 0.323 e. The molecule has 0 unspecified atom stereocenters. The lowest BCUT2D eigenvalue weighted by Crippen LogP contribution is -2.25. The van der Waals surface area contributed by atoms with Gasteiger partial charge in [0.05, 0.1) is 16.8 Å². The number of rotatable bonds is 6. The van der Waals surface area contributed by atoms with Crippen molar-refractivity contribution in [3.8, 4) is 10.6 Å². The monoisotopic (exact) mass is 454 g/mol. The number of nitrogens with zero attached hydrogens (tertiary/aromatic N) is 2. The molecule has 0 bridgehead atoms. The normalized spacial score (nSPS) is 11.1. The molecule has 0 spiro atoms. The summed E-state index contributed by atoms with van der Waals surface area (Å²) in [4.78, 5) is 12.8. The Morgan fingerprint density at radius 1 is 0.935 bits per heavy atom. The van der Waals surface area contributed by atoms with Crippen LogP contribution in [0.5, 0.6) is 0 Å². The van der Waals surface area contributed by atoms with Crippen molar-refractivity contribution >= 4 is 44.5 Å². The van der Waals surface area contributed by atoms with Gasteiger partial charge in [-0.2, -0.15) is 0 Å². The predicted octanol–water partition coefficient (Wildman–Crippen LogP) is 4.87. The zero-order valence-electron chi connectivity index (χ0n) is 16.3. The highest BCUT2D eigenvalue weighted by atomic mass is 32.2. The Morgan fingerprint density at radius 2 is 1.61 bits per heavy atom. The maximum absolute atomic E-state index is 13.0. The third-order valence-corrected chi connectivity index (χ3v) is 7.75. The summed E-state index contributed by atoms with van der Waals surface area (Å²) in [5.74, 6) is 0.512. The SMILES string of the molecule is CN(c1ccc(NC(=O)Nc2ccccc2)cc1)S(=O)(=O)c1ccc(-c2ccno2)s1. The molecule has 2 heterocycles. The van der Waals surface area contributed by atoms with E-state index < -0.39 is 16.1 Å². The van der Waals surface area contributed by atoms with Gasteiger partial charge in [0.1, 0.15) is 4.21 Å². The Bertz CT molecular complexity index is 1270. The number of anilines is 3. The summed E-state index contributed by atoms with van der Waals surface area (Å²) in [5, 5.41) is 9.08. The van der Waals surface area contributed by atoms with E-state index in [9.17, 15) is 13.2 Å². The van der Waals surface area contributed by atoms with Gasteiger partial charge in [-0.3, -0.25) is 4.31 Å². The minimum Gasteiger partial charge on any atom is -0.355 e. The van der Waals surface area contributed by atoms with E-state index in [1.807, 2.05) is 18.2 Å². The molecule has 0 saturated carbocycles. The Hall–Kier alpha value is -3.63. The lowest BCUT2D eigenvalue weighted by Gasteiger charge is -2.19. The van der Waals surface area contributed by atoms with Gasteiger partial charge in [0.15, 0.2) is 5.76 Å². The third kappa shape index (κ3) is 4.60. The average Bonchev–Trinajstić information content (AvgIpc) is 3.46. The van der Waals surface area contributed by atoms with E-state index in [1.54, 1.807) is 48.5 Å². The molecule has 0 aliphatic carbocycles. The molecule has 4 rings (SSSR count). The molecule has 0 aliphatic heterocycles. The van der Waals surface area contributed by atoms with E-state index in [0.29, 0.717) is 27.7 Å². The topological polar surface area (TPSA) is 105 Å². The number of nitrogens with one attached hydrogen (secondary N) is 2. The number of carbonyl (C=O) groups excluding carboxylic acids is 1. The maximum atomic E-state index is 13.0. The van der Waals surface area contributed by atoms with Gasteiger partial charge in [-0.1, -0.05) is 23.4 Å². The number of carbonyl (C=O) groups is 1. The molecule has 0 radical (unpaired) electrons. The van der Waals surface area contributed by atoms with Gasteiger partial charge in [-0.25, -0.2) is 13.2 Å². The van der Waals surface area contributed by atoms with Crippen LogP contribution in [0.15, 0.2) is 87.7 Å². The fourth-order valence-corrected chi connectivity index (χ4v) is 5.41. The Morgan fingerprint density at radius 3 is 2.26 bits per heavy atom. The van der Waals surface area contributed by atoms with Crippen LogP contribution in [0.25, 0.3) is 10.6 Å². The van der Waals surface area contributed by atoms with Crippen LogP contribution in [-0.4, -0.2) is 26.7 Å². The standard InChI is InChI=1S/C21H18N4O4S2/c1-25(31(27,28)20-12-11-19(30-20)18-13-14-22-29-18)17-9-7-16(8-10-17)24-21(26)23-15-5-3-2-4-6-15/h2-14H,1H3,(H2,23,24,26). The van der Waals surface area contributed by atoms with Crippen molar-refractivity contribution in [2.24, 2.45) is 0 Å². The van der Waals surface area contributed by atoms with E-state index in [-0.39, 0.29) is 4.21 Å². The molecule has 2 aromatic heterocycles. The number of hydrogen-bond acceptors (Lipinski definition) is 6. The Balaban J connectivity index is 1.45. The molecule has 0 fully saturated rings. The first-order valence-corrected chi connectivity index (χ1v) is 11.4. The van der Waals surface area contributed by atoms with Crippen molar-refractivity contribution in [3.05, 3.63) is 79.0 Å². The van der Waals surface area contributed by atoms with Gasteiger partial charge < -0.3 is 15.2 Å². The number of amides is 2.